The Balaban J connectivity index is 1.93. The predicted molar refractivity (Wildman–Crippen MR) is 102 cm³/mol. The monoisotopic (exact) mass is 409 g/mol. The second kappa shape index (κ2) is 8.44. The van der Waals surface area contributed by atoms with Crippen LogP contribution in [0.15, 0.2) is 39.2 Å². The zero-order valence-electron chi connectivity index (χ0n) is 14.9. The molecule has 0 unspecified atom stereocenters. The quantitative estimate of drug-likeness (QED) is 0.607. The molecule has 0 fully saturated rings. The summed E-state index contributed by atoms with van der Waals surface area (Å²) >= 11 is 1.17. The van der Waals surface area contributed by atoms with Gasteiger partial charge in [-0.1, -0.05) is 0 Å². The Morgan fingerprint density at radius 1 is 1.21 bits per heavy atom. The predicted octanol–water partition coefficient (Wildman–Crippen LogP) is 2.18. The first-order valence-corrected chi connectivity index (χ1v) is 9.25. The average molecular weight is 409 g/mol. The first-order valence-electron chi connectivity index (χ1n) is 8.37. The molecule has 1 amide bonds. The van der Waals surface area contributed by atoms with E-state index >= 15 is 0 Å². The number of amides is 1. The average Bonchev–Trinajstić information content (AvgIpc) is 3.14. The van der Waals surface area contributed by atoms with Crippen molar-refractivity contribution in [1.82, 2.24) is 9.13 Å². The summed E-state index contributed by atoms with van der Waals surface area (Å²) in [7, 11) is 1.52. The van der Waals surface area contributed by atoms with E-state index in [4.69, 9.17) is 4.74 Å². The standard InChI is InChI=1S/C18H17F2N3O4S/c1-27-7-2-6-22-17(25)16-14(5-8-28-16)23(18(22)26)10-15(24)21-13-4-3-11(19)9-12(13)20/h3-5,8-9H,2,6-7,10H2,1H3,(H,21,24). The van der Waals surface area contributed by atoms with Gasteiger partial charge in [-0.3, -0.25) is 18.7 Å². The summed E-state index contributed by atoms with van der Waals surface area (Å²) < 4.78 is 34.3. The van der Waals surface area contributed by atoms with Crippen LogP contribution in [-0.2, 0) is 22.6 Å². The fourth-order valence-corrected chi connectivity index (χ4v) is 3.62. The second-order valence-corrected chi connectivity index (χ2v) is 6.90. The molecule has 0 atom stereocenters. The van der Waals surface area contributed by atoms with Crippen LogP contribution in [-0.4, -0.2) is 28.8 Å². The van der Waals surface area contributed by atoms with Crippen molar-refractivity contribution in [2.24, 2.45) is 0 Å². The molecule has 0 aliphatic heterocycles. The number of halogens is 2. The zero-order chi connectivity index (χ0) is 20.3. The van der Waals surface area contributed by atoms with E-state index in [1.807, 2.05) is 0 Å². The molecule has 3 aromatic rings. The lowest BCUT2D eigenvalue weighted by Crippen LogP contribution is -2.41. The third-order valence-electron chi connectivity index (χ3n) is 4.07. The van der Waals surface area contributed by atoms with Gasteiger partial charge in [-0.05, 0) is 30.0 Å². The van der Waals surface area contributed by atoms with E-state index < -0.39 is 35.3 Å². The van der Waals surface area contributed by atoms with Crippen LogP contribution in [0.4, 0.5) is 14.5 Å². The maximum atomic E-state index is 13.7. The molecule has 1 N–H and O–H groups in total. The Morgan fingerprint density at radius 3 is 2.71 bits per heavy atom. The molecule has 0 radical (unpaired) electrons. The molecule has 0 bridgehead atoms. The number of thiophene rings is 1. The van der Waals surface area contributed by atoms with Crippen LogP contribution >= 0.6 is 11.3 Å². The number of carbonyl (C=O) groups excluding carboxylic acids is 1. The molecule has 2 aromatic heterocycles. The van der Waals surface area contributed by atoms with Gasteiger partial charge in [0.05, 0.1) is 11.2 Å². The number of aromatic nitrogens is 2. The Bertz CT molecular complexity index is 1140. The lowest BCUT2D eigenvalue weighted by molar-refractivity contribution is -0.116. The van der Waals surface area contributed by atoms with Crippen LogP contribution in [0.1, 0.15) is 6.42 Å². The number of nitrogens with zero attached hydrogens (tertiary/aromatic N) is 2. The van der Waals surface area contributed by atoms with Crippen LogP contribution in [0, 0.1) is 11.6 Å². The van der Waals surface area contributed by atoms with Gasteiger partial charge in [-0.25, -0.2) is 13.6 Å². The maximum Gasteiger partial charge on any atom is 0.332 e. The van der Waals surface area contributed by atoms with Gasteiger partial charge < -0.3 is 10.1 Å². The minimum Gasteiger partial charge on any atom is -0.385 e. The molecule has 7 nitrogen and oxygen atoms in total. The molecule has 28 heavy (non-hydrogen) atoms. The summed E-state index contributed by atoms with van der Waals surface area (Å²) in [6.07, 6.45) is 0.454. The summed E-state index contributed by atoms with van der Waals surface area (Å²) in [5.41, 5.74) is -0.929. The normalized spacial score (nSPS) is 11.1. The van der Waals surface area contributed by atoms with Gasteiger partial charge in [-0.2, -0.15) is 0 Å². The fraction of sp³-hybridized carbons (Fsp3) is 0.278. The van der Waals surface area contributed by atoms with E-state index in [1.54, 1.807) is 11.4 Å². The highest BCUT2D eigenvalue weighted by atomic mass is 32.1. The third-order valence-corrected chi connectivity index (χ3v) is 4.97. The van der Waals surface area contributed by atoms with Gasteiger partial charge >= 0.3 is 5.69 Å². The highest BCUT2D eigenvalue weighted by Crippen LogP contribution is 2.17. The van der Waals surface area contributed by atoms with Crippen molar-refractivity contribution in [3.8, 4) is 0 Å². The van der Waals surface area contributed by atoms with E-state index in [-0.39, 0.29) is 12.2 Å². The summed E-state index contributed by atoms with van der Waals surface area (Å²) in [4.78, 5) is 37.7. The lowest BCUT2D eigenvalue weighted by Gasteiger charge is -2.12. The number of benzene rings is 1. The molecule has 148 valence electrons. The van der Waals surface area contributed by atoms with Crippen LogP contribution in [0.3, 0.4) is 0 Å². The van der Waals surface area contributed by atoms with Gasteiger partial charge in [0.2, 0.25) is 5.91 Å². The molecule has 0 saturated carbocycles. The third kappa shape index (κ3) is 4.02. The molecule has 0 saturated heterocycles. The number of ether oxygens (including phenoxy) is 1. The van der Waals surface area contributed by atoms with Crippen LogP contribution in [0.5, 0.6) is 0 Å². The molecule has 0 aliphatic rings. The van der Waals surface area contributed by atoms with Crippen LogP contribution in [0.25, 0.3) is 10.2 Å². The molecular formula is C18H17F2N3O4S. The first kappa shape index (κ1) is 19.9. The topological polar surface area (TPSA) is 82.3 Å². The van der Waals surface area contributed by atoms with Gasteiger partial charge in [-0.15, -0.1) is 11.3 Å². The molecule has 3 rings (SSSR count). The van der Waals surface area contributed by atoms with Crippen molar-refractivity contribution in [2.75, 3.05) is 19.0 Å². The number of carbonyl (C=O) groups is 1. The number of hydrogen-bond donors (Lipinski definition) is 1. The fourth-order valence-electron chi connectivity index (χ4n) is 2.77. The van der Waals surface area contributed by atoms with Crippen molar-refractivity contribution < 1.29 is 18.3 Å². The van der Waals surface area contributed by atoms with Crippen molar-refractivity contribution in [3.05, 3.63) is 62.1 Å². The van der Waals surface area contributed by atoms with Crippen LogP contribution in [0.2, 0.25) is 0 Å². The Labute approximate surface area is 161 Å². The molecule has 0 spiro atoms. The Kier molecular flexibility index (Phi) is 6.00. The summed E-state index contributed by atoms with van der Waals surface area (Å²) in [6.45, 7) is 0.0969. The van der Waals surface area contributed by atoms with Crippen molar-refractivity contribution >= 4 is 33.1 Å². The number of hydrogen-bond acceptors (Lipinski definition) is 5. The molecule has 2 heterocycles. The van der Waals surface area contributed by atoms with Gasteiger partial charge in [0.15, 0.2) is 0 Å². The van der Waals surface area contributed by atoms with E-state index in [0.717, 1.165) is 21.3 Å². The number of nitrogens with one attached hydrogen (secondary N) is 1. The molecular weight excluding hydrogens is 392 g/mol. The van der Waals surface area contributed by atoms with Crippen molar-refractivity contribution in [1.29, 1.82) is 0 Å². The molecule has 1 aromatic carbocycles. The Morgan fingerprint density at radius 2 is 2.00 bits per heavy atom. The van der Waals surface area contributed by atoms with Crippen molar-refractivity contribution in [2.45, 2.75) is 19.5 Å². The molecule has 10 heteroatoms. The molecule has 0 aliphatic carbocycles. The van der Waals surface area contributed by atoms with E-state index in [0.29, 0.717) is 29.3 Å². The van der Waals surface area contributed by atoms with Crippen molar-refractivity contribution in [3.63, 3.8) is 0 Å². The zero-order valence-corrected chi connectivity index (χ0v) is 15.7. The van der Waals surface area contributed by atoms with E-state index in [2.05, 4.69) is 5.32 Å². The summed E-state index contributed by atoms with van der Waals surface area (Å²) in [5, 5.41) is 3.96. The second-order valence-electron chi connectivity index (χ2n) is 5.98. The SMILES string of the molecule is COCCCn1c(=O)c2sccc2n(CC(=O)Nc2ccc(F)cc2F)c1=O. The Hall–Kier alpha value is -2.85. The summed E-state index contributed by atoms with van der Waals surface area (Å²) in [5.74, 6) is -2.37. The summed E-state index contributed by atoms with van der Waals surface area (Å²) in [6, 6.07) is 4.33. The first-order chi connectivity index (χ1) is 13.4. The van der Waals surface area contributed by atoms with Gasteiger partial charge in [0.1, 0.15) is 22.9 Å². The number of methoxy groups -OCH3 is 1. The van der Waals surface area contributed by atoms with Gasteiger partial charge in [0.25, 0.3) is 5.56 Å². The highest BCUT2D eigenvalue weighted by Gasteiger charge is 2.17. The number of rotatable bonds is 7. The van der Waals surface area contributed by atoms with E-state index in [9.17, 15) is 23.2 Å². The highest BCUT2D eigenvalue weighted by molar-refractivity contribution is 7.17. The minimum atomic E-state index is -0.925. The smallest absolute Gasteiger partial charge is 0.332 e. The number of fused-ring (bicyclic) bond motifs is 1. The van der Waals surface area contributed by atoms with Gasteiger partial charge in [0, 0.05) is 26.3 Å². The minimum absolute atomic E-state index is 0.146. The number of anilines is 1. The lowest BCUT2D eigenvalue weighted by atomic mass is 10.3. The van der Waals surface area contributed by atoms with Crippen LogP contribution < -0.4 is 16.6 Å². The van der Waals surface area contributed by atoms with E-state index in [1.165, 1.54) is 18.4 Å². The maximum absolute atomic E-state index is 13.7. The largest absolute Gasteiger partial charge is 0.385 e.